The number of carbonyl (C=O) groups is 2. The molecule has 0 aromatic carbocycles. The maximum absolute atomic E-state index is 11.7. The van der Waals surface area contributed by atoms with Gasteiger partial charge in [0.2, 0.25) is 0 Å². The van der Waals surface area contributed by atoms with E-state index in [2.05, 4.69) is 15.3 Å². The fourth-order valence-corrected chi connectivity index (χ4v) is 1.71. The van der Waals surface area contributed by atoms with Gasteiger partial charge in [0.15, 0.2) is 0 Å². The smallest absolute Gasteiger partial charge is 0.408 e. The molecule has 7 heteroatoms. The standard InChI is InChI=1S/C15H25N3O4/c1-14(2,3)12-16-8-9(17-12)7-10(11(19)20)18-13(21)22-15(4,5)6/h8,10H,7H2,1-6H3,(H,16,17)(H,18,21)(H,19,20)/t10-/m0/s1. The summed E-state index contributed by atoms with van der Waals surface area (Å²) in [5.41, 5.74) is -0.191. The normalized spacial score (nSPS) is 13.5. The fourth-order valence-electron chi connectivity index (χ4n) is 1.71. The zero-order valence-electron chi connectivity index (χ0n) is 14.0. The Bertz CT molecular complexity index is 538. The van der Waals surface area contributed by atoms with Crippen molar-refractivity contribution in [2.75, 3.05) is 0 Å². The molecular formula is C15H25N3O4. The highest BCUT2D eigenvalue weighted by atomic mass is 16.6. The molecule has 0 aliphatic heterocycles. The van der Waals surface area contributed by atoms with E-state index >= 15 is 0 Å². The van der Waals surface area contributed by atoms with Crippen molar-refractivity contribution >= 4 is 12.1 Å². The lowest BCUT2D eigenvalue weighted by atomic mass is 9.96. The topological polar surface area (TPSA) is 104 Å². The number of rotatable bonds is 4. The Labute approximate surface area is 130 Å². The summed E-state index contributed by atoms with van der Waals surface area (Å²) < 4.78 is 5.08. The summed E-state index contributed by atoms with van der Waals surface area (Å²) in [6, 6.07) is -1.08. The summed E-state index contributed by atoms with van der Waals surface area (Å²) in [7, 11) is 0. The summed E-state index contributed by atoms with van der Waals surface area (Å²) in [6.45, 7) is 11.2. The second kappa shape index (κ2) is 6.37. The molecule has 22 heavy (non-hydrogen) atoms. The first-order valence-corrected chi connectivity index (χ1v) is 7.15. The number of aromatic amines is 1. The van der Waals surface area contributed by atoms with Gasteiger partial charge in [0.1, 0.15) is 17.5 Å². The second-order valence-electron chi connectivity index (χ2n) is 7.25. The molecule has 0 bridgehead atoms. The third-order valence-corrected chi connectivity index (χ3v) is 2.75. The number of hydrogen-bond donors (Lipinski definition) is 3. The Morgan fingerprint density at radius 1 is 1.32 bits per heavy atom. The van der Waals surface area contributed by atoms with Gasteiger partial charge in [-0.3, -0.25) is 0 Å². The highest BCUT2D eigenvalue weighted by Gasteiger charge is 2.25. The van der Waals surface area contributed by atoms with Crippen molar-refractivity contribution in [3.05, 3.63) is 17.7 Å². The van der Waals surface area contributed by atoms with Crippen molar-refractivity contribution in [1.29, 1.82) is 0 Å². The molecule has 1 aromatic rings. The average Bonchev–Trinajstić information content (AvgIpc) is 2.73. The van der Waals surface area contributed by atoms with E-state index in [0.29, 0.717) is 5.69 Å². The molecule has 0 saturated carbocycles. The van der Waals surface area contributed by atoms with E-state index < -0.39 is 23.7 Å². The Morgan fingerprint density at radius 2 is 1.91 bits per heavy atom. The third-order valence-electron chi connectivity index (χ3n) is 2.75. The van der Waals surface area contributed by atoms with Gasteiger partial charge in [-0.1, -0.05) is 20.8 Å². The number of alkyl carbamates (subject to hydrolysis) is 1. The predicted molar refractivity (Wildman–Crippen MR) is 81.8 cm³/mol. The highest BCUT2D eigenvalue weighted by molar-refractivity contribution is 5.80. The molecule has 1 heterocycles. The Morgan fingerprint density at radius 3 is 2.32 bits per heavy atom. The average molecular weight is 311 g/mol. The Kier molecular flexibility index (Phi) is 5.22. The van der Waals surface area contributed by atoms with Gasteiger partial charge in [0.05, 0.1) is 0 Å². The lowest BCUT2D eigenvalue weighted by molar-refractivity contribution is -0.139. The van der Waals surface area contributed by atoms with Crippen LogP contribution in [0.1, 0.15) is 53.1 Å². The molecule has 1 rings (SSSR count). The molecule has 1 aromatic heterocycles. The van der Waals surface area contributed by atoms with Gasteiger partial charge >= 0.3 is 12.1 Å². The number of carbonyl (C=O) groups excluding carboxylic acids is 1. The van der Waals surface area contributed by atoms with Crippen LogP contribution >= 0.6 is 0 Å². The van der Waals surface area contributed by atoms with E-state index in [1.54, 1.807) is 27.0 Å². The minimum atomic E-state index is -1.13. The van der Waals surface area contributed by atoms with Gasteiger partial charge in [-0.15, -0.1) is 0 Å². The molecule has 3 N–H and O–H groups in total. The Balaban J connectivity index is 2.75. The number of imidazole rings is 1. The van der Waals surface area contributed by atoms with E-state index in [4.69, 9.17) is 4.74 Å². The minimum absolute atomic E-state index is 0.109. The van der Waals surface area contributed by atoms with Crippen LogP contribution in [0.5, 0.6) is 0 Å². The van der Waals surface area contributed by atoms with Gasteiger partial charge < -0.3 is 20.1 Å². The van der Waals surface area contributed by atoms with Gasteiger partial charge in [0, 0.05) is 23.7 Å². The fraction of sp³-hybridized carbons (Fsp3) is 0.667. The van der Waals surface area contributed by atoms with Crippen molar-refractivity contribution in [3.63, 3.8) is 0 Å². The molecule has 7 nitrogen and oxygen atoms in total. The van der Waals surface area contributed by atoms with Crippen molar-refractivity contribution in [2.45, 2.75) is 65.0 Å². The Hall–Kier alpha value is -2.05. The summed E-state index contributed by atoms with van der Waals surface area (Å²) in [4.78, 5) is 30.3. The van der Waals surface area contributed by atoms with E-state index in [1.807, 2.05) is 20.8 Å². The summed E-state index contributed by atoms with van der Waals surface area (Å²) >= 11 is 0. The first-order chi connectivity index (χ1) is 9.88. The highest BCUT2D eigenvalue weighted by Crippen LogP contribution is 2.19. The quantitative estimate of drug-likeness (QED) is 0.791. The van der Waals surface area contributed by atoms with Crippen LogP contribution < -0.4 is 5.32 Å². The number of aliphatic carboxylic acids is 1. The number of carboxylic acids is 1. The zero-order valence-corrected chi connectivity index (χ0v) is 14.0. The monoisotopic (exact) mass is 311 g/mol. The maximum Gasteiger partial charge on any atom is 0.408 e. The third kappa shape index (κ3) is 5.75. The van der Waals surface area contributed by atoms with Crippen molar-refractivity contribution < 1.29 is 19.4 Å². The van der Waals surface area contributed by atoms with E-state index in [1.165, 1.54) is 0 Å². The van der Waals surface area contributed by atoms with Crippen LogP contribution in [0.15, 0.2) is 6.20 Å². The summed E-state index contributed by atoms with van der Waals surface area (Å²) in [5, 5.41) is 11.6. The van der Waals surface area contributed by atoms with Gasteiger partial charge in [0.25, 0.3) is 0 Å². The molecule has 1 amide bonds. The van der Waals surface area contributed by atoms with Crippen LogP contribution in [-0.4, -0.2) is 38.8 Å². The molecule has 0 saturated heterocycles. The SMILES string of the molecule is CC(C)(C)OC(=O)N[C@@H](Cc1cnc(C(C)(C)C)[nH]1)C(=O)O. The van der Waals surface area contributed by atoms with Crippen LogP contribution in [0.3, 0.4) is 0 Å². The molecular weight excluding hydrogens is 286 g/mol. The lowest BCUT2D eigenvalue weighted by Gasteiger charge is -2.21. The second-order valence-corrected chi connectivity index (χ2v) is 7.25. The largest absolute Gasteiger partial charge is 0.480 e. The molecule has 0 fully saturated rings. The number of H-pyrrole nitrogens is 1. The number of amides is 1. The molecule has 0 aliphatic rings. The van der Waals surface area contributed by atoms with Crippen LogP contribution in [0, 0.1) is 0 Å². The number of ether oxygens (including phenoxy) is 1. The number of nitrogens with zero attached hydrogens (tertiary/aromatic N) is 1. The van der Waals surface area contributed by atoms with Crippen molar-refractivity contribution in [3.8, 4) is 0 Å². The van der Waals surface area contributed by atoms with Crippen LogP contribution in [0.2, 0.25) is 0 Å². The van der Waals surface area contributed by atoms with E-state index in [9.17, 15) is 14.7 Å². The molecule has 0 unspecified atom stereocenters. The minimum Gasteiger partial charge on any atom is -0.480 e. The lowest BCUT2D eigenvalue weighted by Crippen LogP contribution is -2.44. The number of nitrogens with one attached hydrogen (secondary N) is 2. The van der Waals surface area contributed by atoms with Crippen molar-refractivity contribution in [2.24, 2.45) is 0 Å². The van der Waals surface area contributed by atoms with Crippen molar-refractivity contribution in [1.82, 2.24) is 15.3 Å². The van der Waals surface area contributed by atoms with Crippen LogP contribution in [0.4, 0.5) is 4.79 Å². The number of aromatic nitrogens is 2. The molecule has 0 aliphatic carbocycles. The first kappa shape index (κ1) is 18.0. The van der Waals surface area contributed by atoms with Gasteiger partial charge in [-0.05, 0) is 20.8 Å². The number of hydrogen-bond acceptors (Lipinski definition) is 4. The molecule has 0 spiro atoms. The first-order valence-electron chi connectivity index (χ1n) is 7.15. The molecule has 1 atom stereocenters. The zero-order chi connectivity index (χ0) is 17.1. The number of carboxylic acid groups (broad SMARTS) is 1. The van der Waals surface area contributed by atoms with Gasteiger partial charge in [-0.25, -0.2) is 14.6 Å². The summed E-state index contributed by atoms with van der Waals surface area (Å²) in [6.07, 6.45) is 0.945. The van der Waals surface area contributed by atoms with E-state index in [-0.39, 0.29) is 11.8 Å². The van der Waals surface area contributed by atoms with E-state index in [0.717, 1.165) is 5.82 Å². The molecule has 0 radical (unpaired) electrons. The predicted octanol–water partition coefficient (Wildman–Crippen LogP) is 2.23. The van der Waals surface area contributed by atoms with Crippen LogP contribution in [0.25, 0.3) is 0 Å². The van der Waals surface area contributed by atoms with Crippen LogP contribution in [-0.2, 0) is 21.4 Å². The van der Waals surface area contributed by atoms with Gasteiger partial charge in [-0.2, -0.15) is 0 Å². The summed E-state index contributed by atoms with van der Waals surface area (Å²) in [5.74, 6) is -0.360. The maximum atomic E-state index is 11.7. The molecule has 124 valence electrons.